The molecule has 0 saturated carbocycles. The molecule has 0 N–H and O–H groups in total. The van der Waals surface area contributed by atoms with E-state index >= 15 is 4.39 Å². The van der Waals surface area contributed by atoms with E-state index in [1.807, 2.05) is 65.3 Å². The van der Waals surface area contributed by atoms with Crippen molar-refractivity contribution in [1.82, 2.24) is 9.47 Å². The van der Waals surface area contributed by atoms with Crippen LogP contribution in [0.4, 0.5) is 4.39 Å². The van der Waals surface area contributed by atoms with Crippen molar-refractivity contribution in [3.05, 3.63) is 92.1 Å². The molecule has 7 heteroatoms. The van der Waals surface area contributed by atoms with Gasteiger partial charge in [-0.15, -0.1) is 0 Å². The van der Waals surface area contributed by atoms with E-state index < -0.39 is 23.7 Å². The molecule has 3 aromatic rings. The minimum absolute atomic E-state index is 0.0957. The van der Waals surface area contributed by atoms with Crippen molar-refractivity contribution in [2.75, 3.05) is 27.2 Å². The molecule has 45 heavy (non-hydrogen) atoms. The standard InChI is InChI=1S/C38H51FN2O4/c1-10-45-36(44)22-30(32-20-31(18-28(7)38(32)39)37-25(4)12-11-13-26(37)5)21-34(42)33(15-14-24(2)3)41-23-29(16-17-40(8)9)27(6)19-35(41)43/h11-13,18-20,23-24,30,33H,10,14-17,21-22H2,1-9H3/t30-,33?/m0/s1. The van der Waals surface area contributed by atoms with E-state index in [4.69, 9.17) is 4.74 Å². The zero-order valence-corrected chi connectivity index (χ0v) is 28.6. The first-order valence-corrected chi connectivity index (χ1v) is 16.1. The van der Waals surface area contributed by atoms with Gasteiger partial charge in [-0.2, -0.15) is 0 Å². The summed E-state index contributed by atoms with van der Waals surface area (Å²) in [6.45, 7) is 14.6. The lowest BCUT2D eigenvalue weighted by Gasteiger charge is -2.25. The van der Waals surface area contributed by atoms with Crippen LogP contribution in [0.2, 0.25) is 0 Å². The number of halogens is 1. The van der Waals surface area contributed by atoms with Gasteiger partial charge in [0.15, 0.2) is 5.78 Å². The molecule has 0 spiro atoms. The maximum atomic E-state index is 16.0. The third kappa shape index (κ3) is 9.46. The van der Waals surface area contributed by atoms with Gasteiger partial charge in [0.05, 0.1) is 19.1 Å². The number of nitrogens with zero attached hydrogens (tertiary/aromatic N) is 2. The van der Waals surface area contributed by atoms with Crippen molar-refractivity contribution in [2.45, 2.75) is 92.5 Å². The van der Waals surface area contributed by atoms with Crippen LogP contribution >= 0.6 is 0 Å². The fraction of sp³-hybridized carbons (Fsp3) is 0.500. The number of ketones is 1. The Bertz CT molecular complexity index is 1540. The SMILES string of the molecule is CCOC(=O)C[C@H](CC(=O)C(CCC(C)C)n1cc(CCN(C)C)c(C)cc1=O)c1cc(-c2c(C)cccc2C)cc(C)c1F. The van der Waals surface area contributed by atoms with Gasteiger partial charge in [-0.1, -0.05) is 32.0 Å². The van der Waals surface area contributed by atoms with Crippen LogP contribution in [0.15, 0.2) is 47.4 Å². The average Bonchev–Trinajstić information content (AvgIpc) is 2.94. The normalized spacial score (nSPS) is 12.9. The van der Waals surface area contributed by atoms with Crippen LogP contribution in [0.3, 0.4) is 0 Å². The van der Waals surface area contributed by atoms with Gasteiger partial charge in [0.25, 0.3) is 5.56 Å². The highest BCUT2D eigenvalue weighted by Gasteiger charge is 2.30. The van der Waals surface area contributed by atoms with Crippen molar-refractivity contribution >= 4 is 11.8 Å². The van der Waals surface area contributed by atoms with Crippen molar-refractivity contribution in [2.24, 2.45) is 5.92 Å². The van der Waals surface area contributed by atoms with Crippen LogP contribution in [0.25, 0.3) is 11.1 Å². The number of Topliss-reactive ketones (excluding diaryl/α,β-unsaturated/α-hetero) is 1. The number of pyridine rings is 1. The Morgan fingerprint density at radius 2 is 1.60 bits per heavy atom. The van der Waals surface area contributed by atoms with Crippen LogP contribution in [0.5, 0.6) is 0 Å². The molecule has 0 aliphatic heterocycles. The van der Waals surface area contributed by atoms with Crippen LogP contribution in [-0.4, -0.2) is 48.5 Å². The maximum absolute atomic E-state index is 16.0. The summed E-state index contributed by atoms with van der Waals surface area (Å²) < 4.78 is 22.9. The highest BCUT2D eigenvalue weighted by Crippen LogP contribution is 2.36. The molecule has 6 nitrogen and oxygen atoms in total. The summed E-state index contributed by atoms with van der Waals surface area (Å²) >= 11 is 0. The minimum Gasteiger partial charge on any atom is -0.466 e. The Labute approximate surface area is 268 Å². The van der Waals surface area contributed by atoms with E-state index in [2.05, 4.69) is 18.7 Å². The lowest BCUT2D eigenvalue weighted by molar-refractivity contribution is -0.143. The summed E-state index contributed by atoms with van der Waals surface area (Å²) in [6, 6.07) is 10.5. The van der Waals surface area contributed by atoms with Gasteiger partial charge in [-0.25, -0.2) is 4.39 Å². The lowest BCUT2D eigenvalue weighted by atomic mass is 9.84. The molecule has 2 aromatic carbocycles. The molecule has 0 fully saturated rings. The number of hydrogen-bond acceptors (Lipinski definition) is 5. The molecule has 0 aliphatic rings. The number of ether oxygens (including phenoxy) is 1. The Hall–Kier alpha value is -3.58. The number of likely N-dealkylation sites (N-methyl/N-ethyl adjacent to an activating group) is 1. The first-order chi connectivity index (χ1) is 21.2. The second-order valence-corrected chi connectivity index (χ2v) is 13.1. The molecular formula is C38H51FN2O4. The quantitative estimate of drug-likeness (QED) is 0.164. The van der Waals surface area contributed by atoms with E-state index in [0.717, 1.165) is 52.8 Å². The predicted molar refractivity (Wildman–Crippen MR) is 180 cm³/mol. The summed E-state index contributed by atoms with van der Waals surface area (Å²) in [5.74, 6) is -1.54. The lowest BCUT2D eigenvalue weighted by Crippen LogP contribution is -2.32. The number of aryl methyl sites for hydroxylation is 4. The molecule has 1 unspecified atom stereocenters. The van der Waals surface area contributed by atoms with E-state index in [1.54, 1.807) is 30.5 Å². The minimum atomic E-state index is -0.754. The first kappa shape index (κ1) is 35.9. The highest BCUT2D eigenvalue weighted by atomic mass is 19.1. The smallest absolute Gasteiger partial charge is 0.306 e. The largest absolute Gasteiger partial charge is 0.466 e. The molecule has 0 radical (unpaired) electrons. The number of aromatic nitrogens is 1. The summed E-state index contributed by atoms with van der Waals surface area (Å²) in [6.07, 6.45) is 3.55. The van der Waals surface area contributed by atoms with Gasteiger partial charge in [-0.05, 0) is 131 Å². The fourth-order valence-electron chi connectivity index (χ4n) is 6.08. The maximum Gasteiger partial charge on any atom is 0.306 e. The van der Waals surface area contributed by atoms with Gasteiger partial charge in [0, 0.05) is 31.1 Å². The van der Waals surface area contributed by atoms with E-state index in [9.17, 15) is 14.4 Å². The van der Waals surface area contributed by atoms with Gasteiger partial charge in [-0.3, -0.25) is 14.4 Å². The molecule has 1 aromatic heterocycles. The molecule has 0 bridgehead atoms. The van der Waals surface area contributed by atoms with Crippen LogP contribution in [0, 0.1) is 39.4 Å². The molecule has 1 heterocycles. The molecular weight excluding hydrogens is 567 g/mol. The van der Waals surface area contributed by atoms with Crippen LogP contribution in [-0.2, 0) is 20.7 Å². The predicted octanol–water partition coefficient (Wildman–Crippen LogP) is 7.67. The average molecular weight is 619 g/mol. The third-order valence-electron chi connectivity index (χ3n) is 8.61. The second kappa shape index (κ2) is 16.1. The molecule has 2 atom stereocenters. The second-order valence-electron chi connectivity index (χ2n) is 13.1. The zero-order valence-electron chi connectivity index (χ0n) is 28.6. The number of benzene rings is 2. The van der Waals surface area contributed by atoms with E-state index in [0.29, 0.717) is 23.5 Å². The number of carbonyl (C=O) groups is 2. The highest BCUT2D eigenvalue weighted by molar-refractivity contribution is 5.84. The van der Waals surface area contributed by atoms with Crippen molar-refractivity contribution < 1.29 is 18.7 Å². The van der Waals surface area contributed by atoms with Crippen molar-refractivity contribution in [1.29, 1.82) is 0 Å². The number of esters is 1. The van der Waals surface area contributed by atoms with Crippen LogP contribution < -0.4 is 5.56 Å². The summed E-state index contributed by atoms with van der Waals surface area (Å²) in [5, 5.41) is 0. The molecule has 0 amide bonds. The topological polar surface area (TPSA) is 68.6 Å². The molecule has 244 valence electrons. The first-order valence-electron chi connectivity index (χ1n) is 16.1. The van der Waals surface area contributed by atoms with E-state index in [1.165, 1.54) is 0 Å². The number of carbonyl (C=O) groups excluding carboxylic acids is 2. The zero-order chi connectivity index (χ0) is 33.4. The third-order valence-corrected chi connectivity index (χ3v) is 8.61. The summed E-state index contributed by atoms with van der Waals surface area (Å²) in [4.78, 5) is 42.6. The Kier molecular flexibility index (Phi) is 12.9. The van der Waals surface area contributed by atoms with Gasteiger partial charge in [0.1, 0.15) is 5.82 Å². The molecule has 3 rings (SSSR count). The van der Waals surface area contributed by atoms with E-state index in [-0.39, 0.29) is 30.8 Å². The number of rotatable bonds is 15. The monoisotopic (exact) mass is 618 g/mol. The van der Waals surface area contributed by atoms with Crippen LogP contribution in [0.1, 0.15) is 91.8 Å². The van der Waals surface area contributed by atoms with Gasteiger partial charge in [0.2, 0.25) is 0 Å². The summed E-state index contributed by atoms with van der Waals surface area (Å²) in [7, 11) is 4.00. The molecule has 0 aliphatic carbocycles. The Morgan fingerprint density at radius 3 is 2.20 bits per heavy atom. The van der Waals surface area contributed by atoms with Gasteiger partial charge < -0.3 is 14.2 Å². The van der Waals surface area contributed by atoms with Gasteiger partial charge >= 0.3 is 5.97 Å². The Morgan fingerprint density at radius 1 is 0.933 bits per heavy atom. The summed E-state index contributed by atoms with van der Waals surface area (Å²) in [5.41, 5.74) is 6.41. The fourth-order valence-corrected chi connectivity index (χ4v) is 6.08. The molecule has 0 saturated heterocycles. The Balaban J connectivity index is 2.12. The number of hydrogen-bond donors (Lipinski definition) is 0. The van der Waals surface area contributed by atoms with Crippen molar-refractivity contribution in [3.63, 3.8) is 0 Å². The van der Waals surface area contributed by atoms with Crippen molar-refractivity contribution in [3.8, 4) is 11.1 Å².